The molecule has 5 heteroatoms. The molecule has 0 unspecified atom stereocenters. The molecule has 0 fully saturated rings. The van der Waals surface area contributed by atoms with Crippen molar-refractivity contribution in [3.8, 4) is 6.07 Å². The van der Waals surface area contributed by atoms with Gasteiger partial charge in [-0.05, 0) is 23.8 Å². The van der Waals surface area contributed by atoms with E-state index in [1.807, 2.05) is 18.2 Å². The fourth-order valence-corrected chi connectivity index (χ4v) is 1.80. The molecule has 19 heavy (non-hydrogen) atoms. The second-order valence-electron chi connectivity index (χ2n) is 4.19. The van der Waals surface area contributed by atoms with E-state index in [1.54, 1.807) is 14.2 Å². The van der Waals surface area contributed by atoms with Gasteiger partial charge in [-0.25, -0.2) is 0 Å². The molecule has 0 heterocycles. The van der Waals surface area contributed by atoms with Gasteiger partial charge in [0.25, 0.3) is 0 Å². The van der Waals surface area contributed by atoms with Crippen molar-refractivity contribution in [2.45, 2.75) is 6.42 Å². The van der Waals surface area contributed by atoms with Crippen LogP contribution >= 0.6 is 0 Å². The first-order valence-corrected chi connectivity index (χ1v) is 6.21. The zero-order chi connectivity index (χ0) is 14.1. The van der Waals surface area contributed by atoms with E-state index in [2.05, 4.69) is 11.0 Å². The fourth-order valence-electron chi connectivity index (χ4n) is 1.80. The molecular weight excluding hydrogens is 242 g/mol. The van der Waals surface area contributed by atoms with Crippen molar-refractivity contribution in [3.05, 3.63) is 23.8 Å². The van der Waals surface area contributed by atoms with E-state index in [0.29, 0.717) is 25.3 Å². The summed E-state index contributed by atoms with van der Waals surface area (Å²) in [4.78, 5) is 2.16. The van der Waals surface area contributed by atoms with Gasteiger partial charge >= 0.3 is 0 Å². The van der Waals surface area contributed by atoms with Gasteiger partial charge in [0.2, 0.25) is 0 Å². The summed E-state index contributed by atoms with van der Waals surface area (Å²) >= 11 is 0. The Hall–Kier alpha value is -1.77. The van der Waals surface area contributed by atoms with Gasteiger partial charge in [0.05, 0.1) is 25.7 Å². The van der Waals surface area contributed by atoms with Crippen LogP contribution in [0.5, 0.6) is 0 Å². The van der Waals surface area contributed by atoms with Crippen LogP contribution in [-0.4, -0.2) is 40.5 Å². The lowest BCUT2D eigenvalue weighted by molar-refractivity contribution is 0.190. The number of rotatable bonds is 8. The summed E-state index contributed by atoms with van der Waals surface area (Å²) in [6.07, 6.45) is 0.321. The van der Waals surface area contributed by atoms with E-state index in [4.69, 9.17) is 20.5 Å². The number of methoxy groups -OCH3 is 2. The Kier molecular flexibility index (Phi) is 6.72. The van der Waals surface area contributed by atoms with Crippen LogP contribution < -0.4 is 10.6 Å². The van der Waals surface area contributed by atoms with Gasteiger partial charge in [0.1, 0.15) is 0 Å². The Morgan fingerprint density at radius 2 is 1.84 bits per heavy atom. The van der Waals surface area contributed by atoms with Crippen molar-refractivity contribution >= 4 is 11.4 Å². The number of ether oxygens (including phenoxy) is 2. The maximum atomic E-state index is 8.80. The highest BCUT2D eigenvalue weighted by molar-refractivity contribution is 5.59. The number of nitriles is 1. The molecule has 104 valence electrons. The molecule has 0 bridgehead atoms. The van der Waals surface area contributed by atoms with Crippen molar-refractivity contribution in [2.24, 2.45) is 0 Å². The largest absolute Gasteiger partial charge is 0.398 e. The molecule has 1 aromatic rings. The highest BCUT2D eigenvalue weighted by atomic mass is 16.5. The van der Waals surface area contributed by atoms with Gasteiger partial charge in [-0.1, -0.05) is 0 Å². The zero-order valence-electron chi connectivity index (χ0n) is 11.6. The molecule has 0 saturated carbocycles. The lowest BCUT2D eigenvalue weighted by atomic mass is 10.1. The Balaban J connectivity index is 2.87. The van der Waals surface area contributed by atoms with Gasteiger partial charge < -0.3 is 20.1 Å². The van der Waals surface area contributed by atoms with Crippen LogP contribution in [0.1, 0.15) is 5.56 Å². The maximum Gasteiger partial charge on any atom is 0.0670 e. The normalized spacial score (nSPS) is 10.2. The predicted octanol–water partition coefficient (Wildman–Crippen LogP) is 1.43. The molecule has 1 aromatic carbocycles. The Morgan fingerprint density at radius 1 is 1.21 bits per heavy atom. The molecule has 0 aliphatic heterocycles. The first-order chi connectivity index (χ1) is 9.22. The van der Waals surface area contributed by atoms with E-state index in [0.717, 1.165) is 24.3 Å². The number of anilines is 2. The topological polar surface area (TPSA) is 71.5 Å². The SMILES string of the molecule is COCCN(CCOC)c1ccc(N)c(CC#N)c1. The predicted molar refractivity (Wildman–Crippen MR) is 76.1 cm³/mol. The van der Waals surface area contributed by atoms with Crippen LogP contribution in [0.4, 0.5) is 11.4 Å². The number of nitrogens with two attached hydrogens (primary N) is 1. The highest BCUT2D eigenvalue weighted by Gasteiger charge is 2.08. The molecule has 1 rings (SSSR count). The third kappa shape index (κ3) is 4.78. The molecule has 0 spiro atoms. The van der Waals surface area contributed by atoms with E-state index in [1.165, 1.54) is 0 Å². The van der Waals surface area contributed by atoms with Crippen molar-refractivity contribution in [3.63, 3.8) is 0 Å². The standard InChI is InChI=1S/C14H21N3O2/c1-18-9-7-17(8-10-19-2)13-3-4-14(16)12(11-13)5-6-15/h3-4,11H,5,7-10,16H2,1-2H3. The monoisotopic (exact) mass is 263 g/mol. The van der Waals surface area contributed by atoms with Crippen LogP contribution in [0.25, 0.3) is 0 Å². The first kappa shape index (κ1) is 15.3. The lowest BCUT2D eigenvalue weighted by Crippen LogP contribution is -2.30. The van der Waals surface area contributed by atoms with Gasteiger partial charge in [0, 0.05) is 38.7 Å². The second-order valence-corrected chi connectivity index (χ2v) is 4.19. The molecule has 0 saturated heterocycles. The quantitative estimate of drug-likeness (QED) is 0.718. The van der Waals surface area contributed by atoms with Crippen molar-refractivity contribution in [1.29, 1.82) is 5.26 Å². The summed E-state index contributed by atoms with van der Waals surface area (Å²) in [5.74, 6) is 0. The van der Waals surface area contributed by atoms with Crippen LogP contribution in [0.3, 0.4) is 0 Å². The van der Waals surface area contributed by atoms with Crippen LogP contribution in [0.2, 0.25) is 0 Å². The molecular formula is C14H21N3O2. The summed E-state index contributed by atoms with van der Waals surface area (Å²) in [6.45, 7) is 2.83. The minimum atomic E-state index is 0.321. The number of nitrogen functional groups attached to an aromatic ring is 1. The summed E-state index contributed by atoms with van der Waals surface area (Å²) in [7, 11) is 3.36. The molecule has 0 radical (unpaired) electrons. The number of hydrogen-bond acceptors (Lipinski definition) is 5. The average Bonchev–Trinajstić information content (AvgIpc) is 2.42. The van der Waals surface area contributed by atoms with E-state index >= 15 is 0 Å². The van der Waals surface area contributed by atoms with Crippen molar-refractivity contribution < 1.29 is 9.47 Å². The second kappa shape index (κ2) is 8.35. The van der Waals surface area contributed by atoms with Gasteiger partial charge in [-0.3, -0.25) is 0 Å². The Labute approximate surface area is 114 Å². The molecule has 0 aromatic heterocycles. The molecule has 0 amide bonds. The van der Waals surface area contributed by atoms with E-state index in [-0.39, 0.29) is 0 Å². The number of nitrogens with zero attached hydrogens (tertiary/aromatic N) is 2. The number of benzene rings is 1. The molecule has 0 aliphatic rings. The van der Waals surface area contributed by atoms with Crippen molar-refractivity contribution in [2.75, 3.05) is 51.2 Å². The summed E-state index contributed by atoms with van der Waals surface area (Å²) < 4.78 is 10.2. The van der Waals surface area contributed by atoms with Gasteiger partial charge in [0.15, 0.2) is 0 Å². The maximum absolute atomic E-state index is 8.80. The highest BCUT2D eigenvalue weighted by Crippen LogP contribution is 2.21. The minimum Gasteiger partial charge on any atom is -0.398 e. The minimum absolute atomic E-state index is 0.321. The van der Waals surface area contributed by atoms with Gasteiger partial charge in [-0.2, -0.15) is 5.26 Å². The summed E-state index contributed by atoms with van der Waals surface area (Å²) in [5.41, 5.74) is 8.41. The fraction of sp³-hybridized carbons (Fsp3) is 0.500. The average molecular weight is 263 g/mol. The zero-order valence-corrected chi connectivity index (χ0v) is 11.6. The molecule has 2 N–H and O–H groups in total. The summed E-state index contributed by atoms with van der Waals surface area (Å²) in [5, 5.41) is 8.80. The van der Waals surface area contributed by atoms with E-state index < -0.39 is 0 Å². The third-order valence-electron chi connectivity index (χ3n) is 2.89. The summed E-state index contributed by atoms with van der Waals surface area (Å²) in [6, 6.07) is 7.89. The smallest absolute Gasteiger partial charge is 0.0670 e. The first-order valence-electron chi connectivity index (χ1n) is 6.21. The molecule has 0 aliphatic carbocycles. The van der Waals surface area contributed by atoms with Gasteiger partial charge in [-0.15, -0.1) is 0 Å². The van der Waals surface area contributed by atoms with Crippen LogP contribution in [0, 0.1) is 11.3 Å². The van der Waals surface area contributed by atoms with Crippen molar-refractivity contribution in [1.82, 2.24) is 0 Å². The number of hydrogen-bond donors (Lipinski definition) is 1. The van der Waals surface area contributed by atoms with Crippen LogP contribution in [0.15, 0.2) is 18.2 Å². The molecule has 0 atom stereocenters. The third-order valence-corrected chi connectivity index (χ3v) is 2.89. The van der Waals surface area contributed by atoms with Crippen LogP contribution in [-0.2, 0) is 15.9 Å². The Morgan fingerprint density at radius 3 is 2.37 bits per heavy atom. The Bertz CT molecular complexity index is 421. The van der Waals surface area contributed by atoms with E-state index in [9.17, 15) is 0 Å². The molecule has 5 nitrogen and oxygen atoms in total. The lowest BCUT2D eigenvalue weighted by Gasteiger charge is -2.25.